The van der Waals surface area contributed by atoms with Gasteiger partial charge in [0.05, 0.1) is 19.2 Å². The van der Waals surface area contributed by atoms with Gasteiger partial charge in [-0.1, -0.05) is 43.4 Å². The molecule has 0 radical (unpaired) electrons. The Balaban J connectivity index is 1.66. The van der Waals surface area contributed by atoms with Gasteiger partial charge in [-0.3, -0.25) is 14.4 Å². The van der Waals surface area contributed by atoms with E-state index in [0.717, 1.165) is 44.1 Å². The molecule has 0 aromatic heterocycles. The predicted molar refractivity (Wildman–Crippen MR) is 123 cm³/mol. The summed E-state index contributed by atoms with van der Waals surface area (Å²) < 4.78 is 5.18. The average molecular weight is 435 g/mol. The Morgan fingerprint density at radius 2 is 1.56 bits per heavy atom. The number of imide groups is 1. The number of ether oxygens (including phenoxy) is 1. The monoisotopic (exact) mass is 434 g/mol. The fourth-order valence-electron chi connectivity index (χ4n) is 4.78. The van der Waals surface area contributed by atoms with Crippen LogP contribution in [0, 0.1) is 6.92 Å². The predicted octanol–water partition coefficient (Wildman–Crippen LogP) is 4.50. The zero-order valence-electron chi connectivity index (χ0n) is 18.8. The van der Waals surface area contributed by atoms with Gasteiger partial charge < -0.3 is 9.64 Å². The maximum atomic E-state index is 13.7. The van der Waals surface area contributed by atoms with Crippen molar-refractivity contribution >= 4 is 23.4 Å². The van der Waals surface area contributed by atoms with Crippen molar-refractivity contribution in [3.05, 3.63) is 59.7 Å². The number of aryl methyl sites for hydroxylation is 1. The summed E-state index contributed by atoms with van der Waals surface area (Å²) in [5.41, 5.74) is 2.13. The van der Waals surface area contributed by atoms with Crippen molar-refractivity contribution in [3.8, 4) is 5.75 Å². The van der Waals surface area contributed by atoms with Crippen molar-refractivity contribution in [3.63, 3.8) is 0 Å². The minimum Gasteiger partial charge on any atom is -0.497 e. The van der Waals surface area contributed by atoms with E-state index in [-0.39, 0.29) is 30.2 Å². The van der Waals surface area contributed by atoms with Gasteiger partial charge in [0.2, 0.25) is 5.91 Å². The Kier molecular flexibility index (Phi) is 6.58. The summed E-state index contributed by atoms with van der Waals surface area (Å²) >= 11 is 0. The van der Waals surface area contributed by atoms with E-state index in [2.05, 4.69) is 0 Å². The molecular weight excluding hydrogens is 404 g/mol. The van der Waals surface area contributed by atoms with Gasteiger partial charge in [-0.25, -0.2) is 4.90 Å². The lowest BCUT2D eigenvalue weighted by molar-refractivity contribution is -0.123. The number of carbonyl (C=O) groups is 3. The minimum absolute atomic E-state index is 0.0129. The smallest absolute Gasteiger partial charge is 0.257 e. The van der Waals surface area contributed by atoms with Crippen LogP contribution in [0.5, 0.6) is 5.75 Å². The third-order valence-electron chi connectivity index (χ3n) is 6.54. The fourth-order valence-corrected chi connectivity index (χ4v) is 4.78. The molecule has 1 heterocycles. The number of methoxy groups -OCH3 is 1. The van der Waals surface area contributed by atoms with Gasteiger partial charge >= 0.3 is 0 Å². The first-order valence-electron chi connectivity index (χ1n) is 11.4. The lowest BCUT2D eigenvalue weighted by Gasteiger charge is -2.35. The third kappa shape index (κ3) is 4.40. The number of amides is 3. The van der Waals surface area contributed by atoms with Gasteiger partial charge in [0.15, 0.2) is 0 Å². The van der Waals surface area contributed by atoms with Crippen LogP contribution in [0.2, 0.25) is 0 Å². The average Bonchev–Trinajstić information content (AvgIpc) is 2.97. The van der Waals surface area contributed by atoms with Gasteiger partial charge in [0, 0.05) is 11.6 Å². The van der Waals surface area contributed by atoms with E-state index in [1.54, 1.807) is 36.3 Å². The van der Waals surface area contributed by atoms with Crippen LogP contribution in [-0.4, -0.2) is 41.8 Å². The standard InChI is InChI=1S/C26H30N2O4/c1-18-9-11-19(12-10-18)25(30)27(20-7-5-3-4-6-8-20)23-17-24(29)28(26(23)31)21-13-15-22(32-2)16-14-21/h9-16,20,23H,3-8,17H2,1-2H3. The molecule has 0 spiro atoms. The van der Waals surface area contributed by atoms with Gasteiger partial charge in [-0.15, -0.1) is 0 Å². The summed E-state index contributed by atoms with van der Waals surface area (Å²) in [7, 11) is 1.57. The molecule has 0 N–H and O–H groups in total. The molecule has 3 amide bonds. The van der Waals surface area contributed by atoms with E-state index < -0.39 is 6.04 Å². The molecular formula is C26H30N2O4. The Labute approximate surface area is 189 Å². The molecule has 2 aliphatic rings. The zero-order valence-corrected chi connectivity index (χ0v) is 18.8. The van der Waals surface area contributed by atoms with E-state index in [0.29, 0.717) is 17.0 Å². The molecule has 1 saturated carbocycles. The molecule has 168 valence electrons. The topological polar surface area (TPSA) is 66.9 Å². The maximum Gasteiger partial charge on any atom is 0.257 e. The van der Waals surface area contributed by atoms with Crippen LogP contribution < -0.4 is 9.64 Å². The highest BCUT2D eigenvalue weighted by Crippen LogP contribution is 2.32. The summed E-state index contributed by atoms with van der Waals surface area (Å²) in [4.78, 5) is 43.1. The highest BCUT2D eigenvalue weighted by molar-refractivity contribution is 6.23. The molecule has 32 heavy (non-hydrogen) atoms. The highest BCUT2D eigenvalue weighted by atomic mass is 16.5. The minimum atomic E-state index is -0.776. The number of hydrogen-bond donors (Lipinski definition) is 0. The second-order valence-electron chi connectivity index (χ2n) is 8.71. The molecule has 1 unspecified atom stereocenters. The van der Waals surface area contributed by atoms with Crippen molar-refractivity contribution in [1.29, 1.82) is 0 Å². The molecule has 6 nitrogen and oxygen atoms in total. The molecule has 4 rings (SSSR count). The van der Waals surface area contributed by atoms with Gasteiger partial charge in [-0.2, -0.15) is 0 Å². The Morgan fingerprint density at radius 1 is 0.938 bits per heavy atom. The van der Waals surface area contributed by atoms with Crippen molar-refractivity contribution in [2.45, 2.75) is 64.0 Å². The third-order valence-corrected chi connectivity index (χ3v) is 6.54. The molecule has 1 aliphatic heterocycles. The number of anilines is 1. The van der Waals surface area contributed by atoms with Crippen LogP contribution in [-0.2, 0) is 9.59 Å². The Bertz CT molecular complexity index is 976. The number of hydrogen-bond acceptors (Lipinski definition) is 4. The van der Waals surface area contributed by atoms with Crippen LogP contribution in [0.3, 0.4) is 0 Å². The zero-order chi connectivity index (χ0) is 22.7. The van der Waals surface area contributed by atoms with Crippen LogP contribution >= 0.6 is 0 Å². The van der Waals surface area contributed by atoms with Gasteiger partial charge in [-0.05, 0) is 56.2 Å². The molecule has 1 aliphatic carbocycles. The van der Waals surface area contributed by atoms with Crippen LogP contribution in [0.25, 0.3) is 0 Å². The van der Waals surface area contributed by atoms with Crippen molar-refractivity contribution in [1.82, 2.24) is 4.90 Å². The first kappa shape index (κ1) is 22.1. The van der Waals surface area contributed by atoms with E-state index in [1.165, 1.54) is 4.90 Å². The second kappa shape index (κ2) is 9.55. The van der Waals surface area contributed by atoms with Crippen molar-refractivity contribution in [2.24, 2.45) is 0 Å². The number of nitrogens with zero attached hydrogens (tertiary/aromatic N) is 2. The lowest BCUT2D eigenvalue weighted by atomic mass is 10.0. The summed E-state index contributed by atoms with van der Waals surface area (Å²) in [5.74, 6) is -0.121. The Hall–Kier alpha value is -3.15. The molecule has 1 saturated heterocycles. The van der Waals surface area contributed by atoms with E-state index in [9.17, 15) is 14.4 Å². The normalized spacial score (nSPS) is 19.7. The molecule has 2 fully saturated rings. The number of benzene rings is 2. The van der Waals surface area contributed by atoms with E-state index in [4.69, 9.17) is 4.74 Å². The SMILES string of the molecule is COc1ccc(N2C(=O)CC(N(C(=O)c3ccc(C)cc3)C3CCCCCC3)C2=O)cc1. The largest absolute Gasteiger partial charge is 0.497 e. The van der Waals surface area contributed by atoms with Gasteiger partial charge in [0.1, 0.15) is 11.8 Å². The fraction of sp³-hybridized carbons (Fsp3) is 0.423. The maximum absolute atomic E-state index is 13.7. The lowest BCUT2D eigenvalue weighted by Crippen LogP contribution is -2.50. The molecule has 1 atom stereocenters. The van der Waals surface area contributed by atoms with Crippen molar-refractivity contribution in [2.75, 3.05) is 12.0 Å². The van der Waals surface area contributed by atoms with Crippen molar-refractivity contribution < 1.29 is 19.1 Å². The quantitative estimate of drug-likeness (QED) is 0.513. The molecule has 6 heteroatoms. The molecule has 0 bridgehead atoms. The first-order chi connectivity index (χ1) is 15.5. The molecule has 2 aromatic carbocycles. The Morgan fingerprint density at radius 3 is 2.16 bits per heavy atom. The summed E-state index contributed by atoms with van der Waals surface area (Å²) in [6.07, 6.45) is 6.06. The highest BCUT2D eigenvalue weighted by Gasteiger charge is 2.46. The second-order valence-corrected chi connectivity index (χ2v) is 8.71. The molecule has 2 aromatic rings. The van der Waals surface area contributed by atoms with Crippen LogP contribution in [0.15, 0.2) is 48.5 Å². The number of rotatable bonds is 5. The van der Waals surface area contributed by atoms with Crippen LogP contribution in [0.4, 0.5) is 5.69 Å². The van der Waals surface area contributed by atoms with E-state index in [1.807, 2.05) is 31.2 Å². The number of carbonyl (C=O) groups excluding carboxylic acids is 3. The van der Waals surface area contributed by atoms with Crippen LogP contribution in [0.1, 0.15) is 60.9 Å². The first-order valence-corrected chi connectivity index (χ1v) is 11.4. The summed E-state index contributed by atoms with van der Waals surface area (Å²) in [6.45, 7) is 1.98. The summed E-state index contributed by atoms with van der Waals surface area (Å²) in [6, 6.07) is 13.5. The van der Waals surface area contributed by atoms with E-state index >= 15 is 0 Å². The van der Waals surface area contributed by atoms with Gasteiger partial charge in [0.25, 0.3) is 11.8 Å². The summed E-state index contributed by atoms with van der Waals surface area (Å²) in [5, 5.41) is 0.